The number of rotatable bonds is 4. The number of hydrogen-bond donors (Lipinski definition) is 1. The number of fused-ring (bicyclic) bond motifs is 2. The van der Waals surface area contributed by atoms with Crippen LogP contribution in [0.3, 0.4) is 0 Å². The van der Waals surface area contributed by atoms with Gasteiger partial charge in [0.2, 0.25) is 15.9 Å². The van der Waals surface area contributed by atoms with E-state index in [4.69, 9.17) is 4.98 Å². The highest BCUT2D eigenvalue weighted by atomic mass is 32.2. The minimum absolute atomic E-state index is 0.0961. The van der Waals surface area contributed by atoms with Crippen molar-refractivity contribution < 1.29 is 13.2 Å². The Morgan fingerprint density at radius 3 is 2.62 bits per heavy atom. The number of nitrogens with one attached hydrogen (secondary N) is 1. The molecule has 0 radical (unpaired) electrons. The zero-order valence-electron chi connectivity index (χ0n) is 22.2. The van der Waals surface area contributed by atoms with Crippen LogP contribution in [0.15, 0.2) is 46.1 Å². The zero-order chi connectivity index (χ0) is 27.5. The van der Waals surface area contributed by atoms with Crippen LogP contribution in [0.5, 0.6) is 0 Å². The van der Waals surface area contributed by atoms with Crippen LogP contribution in [0, 0.1) is 19.8 Å². The average Bonchev–Trinajstić information content (AvgIpc) is 3.48. The minimum Gasteiger partial charge on any atom is -0.336 e. The van der Waals surface area contributed by atoms with Gasteiger partial charge in [0, 0.05) is 38.3 Å². The van der Waals surface area contributed by atoms with Gasteiger partial charge in [-0.15, -0.1) is 0 Å². The summed E-state index contributed by atoms with van der Waals surface area (Å²) in [5.41, 5.74) is 4.33. The standard InChI is InChI=1S/C27H31N7O4S/c1-17-25(18(2)31(3)29-17)39(37,38)33-12-7-10-20(15-33)26(35)32-13-11-21-23(16-32)28-24-14-22(30-34(24)27(21)36)19-8-5-4-6-9-19/h4-6,8-9,14,20,30H,7,10-13,15-16H2,1-3H3/t20-/m0/s1. The number of piperidine rings is 1. The number of benzene rings is 1. The van der Waals surface area contributed by atoms with Gasteiger partial charge in [-0.3, -0.25) is 19.4 Å². The van der Waals surface area contributed by atoms with Crippen molar-refractivity contribution >= 4 is 21.6 Å². The van der Waals surface area contributed by atoms with Crippen molar-refractivity contribution in [3.05, 3.63) is 69.4 Å². The Labute approximate surface area is 226 Å². The van der Waals surface area contributed by atoms with Gasteiger partial charge < -0.3 is 4.90 Å². The largest absolute Gasteiger partial charge is 0.336 e. The highest BCUT2D eigenvalue weighted by Crippen LogP contribution is 2.29. The van der Waals surface area contributed by atoms with Crippen LogP contribution in [0.1, 0.15) is 35.5 Å². The van der Waals surface area contributed by atoms with E-state index in [9.17, 15) is 18.0 Å². The normalized spacial score (nSPS) is 18.4. The molecule has 0 bridgehead atoms. The molecular weight excluding hydrogens is 518 g/mol. The van der Waals surface area contributed by atoms with E-state index in [-0.39, 0.29) is 29.5 Å². The predicted molar refractivity (Wildman–Crippen MR) is 145 cm³/mol. The summed E-state index contributed by atoms with van der Waals surface area (Å²) in [7, 11) is -2.06. The van der Waals surface area contributed by atoms with Crippen molar-refractivity contribution in [2.24, 2.45) is 13.0 Å². The highest BCUT2D eigenvalue weighted by Gasteiger charge is 2.38. The van der Waals surface area contributed by atoms with Crippen molar-refractivity contribution in [3.63, 3.8) is 0 Å². The summed E-state index contributed by atoms with van der Waals surface area (Å²) in [5, 5.41) is 7.42. The lowest BCUT2D eigenvalue weighted by Crippen LogP contribution is -2.48. The maximum absolute atomic E-state index is 13.6. The summed E-state index contributed by atoms with van der Waals surface area (Å²) in [5.74, 6) is -0.546. The van der Waals surface area contributed by atoms with Crippen molar-refractivity contribution in [1.82, 2.24) is 33.6 Å². The molecule has 1 aromatic carbocycles. The summed E-state index contributed by atoms with van der Waals surface area (Å²) in [6, 6.07) is 11.6. The lowest BCUT2D eigenvalue weighted by atomic mass is 9.96. The van der Waals surface area contributed by atoms with Crippen LogP contribution in [0.4, 0.5) is 0 Å². The second-order valence-corrected chi connectivity index (χ2v) is 12.3. The fraction of sp³-hybridized carbons (Fsp3) is 0.407. The molecule has 12 heteroatoms. The van der Waals surface area contributed by atoms with Gasteiger partial charge >= 0.3 is 0 Å². The average molecular weight is 550 g/mol. The van der Waals surface area contributed by atoms with Gasteiger partial charge in [0.1, 0.15) is 4.90 Å². The Bertz CT molecular complexity index is 1750. The van der Waals surface area contributed by atoms with Gasteiger partial charge in [-0.25, -0.2) is 17.9 Å². The molecule has 2 aliphatic heterocycles. The number of amides is 1. The molecule has 5 heterocycles. The van der Waals surface area contributed by atoms with Crippen molar-refractivity contribution in [3.8, 4) is 11.3 Å². The topological polar surface area (TPSA) is 126 Å². The number of carbonyl (C=O) groups excluding carboxylic acids is 1. The van der Waals surface area contributed by atoms with Crippen LogP contribution >= 0.6 is 0 Å². The van der Waals surface area contributed by atoms with Crippen molar-refractivity contribution in [1.29, 1.82) is 0 Å². The first kappa shape index (κ1) is 25.5. The second kappa shape index (κ2) is 9.45. The van der Waals surface area contributed by atoms with Gasteiger partial charge in [-0.1, -0.05) is 30.3 Å². The predicted octanol–water partition coefficient (Wildman–Crippen LogP) is 2.03. The van der Waals surface area contributed by atoms with E-state index >= 15 is 0 Å². The van der Waals surface area contributed by atoms with E-state index in [0.29, 0.717) is 60.6 Å². The molecular formula is C27H31N7O4S. The molecule has 204 valence electrons. The summed E-state index contributed by atoms with van der Waals surface area (Å²) in [6.07, 6.45) is 1.62. The third-order valence-electron chi connectivity index (χ3n) is 7.94. The van der Waals surface area contributed by atoms with E-state index in [0.717, 1.165) is 11.3 Å². The van der Waals surface area contributed by atoms with Crippen LogP contribution in [-0.2, 0) is 34.8 Å². The maximum atomic E-state index is 13.6. The summed E-state index contributed by atoms with van der Waals surface area (Å²) < 4.78 is 31.5. The lowest BCUT2D eigenvalue weighted by Gasteiger charge is -2.35. The van der Waals surface area contributed by atoms with Crippen LogP contribution in [-0.4, -0.2) is 67.5 Å². The van der Waals surface area contributed by atoms with Gasteiger partial charge in [0.25, 0.3) is 5.56 Å². The van der Waals surface area contributed by atoms with Crippen LogP contribution < -0.4 is 5.56 Å². The monoisotopic (exact) mass is 549 g/mol. The molecule has 1 amide bonds. The molecule has 0 aliphatic carbocycles. The highest BCUT2D eigenvalue weighted by molar-refractivity contribution is 7.89. The Kier molecular flexibility index (Phi) is 6.18. The zero-order valence-corrected chi connectivity index (χ0v) is 23.0. The Morgan fingerprint density at radius 2 is 1.90 bits per heavy atom. The molecule has 3 aromatic heterocycles. The molecule has 1 N–H and O–H groups in total. The number of nitrogens with zero attached hydrogens (tertiary/aromatic N) is 6. The molecule has 0 spiro atoms. The van der Waals surface area contributed by atoms with Gasteiger partial charge in [-0.05, 0) is 38.7 Å². The molecule has 1 saturated heterocycles. The number of sulfonamides is 1. The first-order valence-corrected chi connectivity index (χ1v) is 14.6. The van der Waals surface area contributed by atoms with Crippen molar-refractivity contribution in [2.45, 2.75) is 44.6 Å². The number of carbonyl (C=O) groups is 1. The third-order valence-corrected chi connectivity index (χ3v) is 10.1. The molecule has 1 atom stereocenters. The molecule has 39 heavy (non-hydrogen) atoms. The summed E-state index contributed by atoms with van der Waals surface area (Å²) >= 11 is 0. The number of aromatic amines is 1. The van der Waals surface area contributed by atoms with Crippen LogP contribution in [0.25, 0.3) is 16.9 Å². The lowest BCUT2D eigenvalue weighted by molar-refractivity contribution is -0.137. The molecule has 6 rings (SSSR count). The molecule has 1 fully saturated rings. The SMILES string of the molecule is Cc1nn(C)c(C)c1S(=O)(=O)N1CCC[C@H](C(=O)N2CCc3c(nc4cc(-c5ccccc5)[nH]n4c3=O)C2)C1. The molecule has 11 nitrogen and oxygen atoms in total. The summed E-state index contributed by atoms with van der Waals surface area (Å²) in [4.78, 5) is 33.5. The smallest absolute Gasteiger partial charge is 0.276 e. The maximum Gasteiger partial charge on any atom is 0.276 e. The quantitative estimate of drug-likeness (QED) is 0.415. The number of aromatic nitrogens is 5. The number of aryl methyl sites for hydroxylation is 2. The van der Waals surface area contributed by atoms with Gasteiger partial charge in [0.15, 0.2) is 5.65 Å². The molecule has 4 aromatic rings. The third kappa shape index (κ3) is 4.27. The van der Waals surface area contributed by atoms with E-state index < -0.39 is 15.9 Å². The fourth-order valence-corrected chi connectivity index (χ4v) is 7.75. The van der Waals surface area contributed by atoms with Crippen LogP contribution in [0.2, 0.25) is 0 Å². The second-order valence-electron chi connectivity index (χ2n) is 10.4. The van der Waals surface area contributed by atoms with E-state index in [1.807, 2.05) is 36.4 Å². The molecule has 2 aliphatic rings. The first-order chi connectivity index (χ1) is 18.6. The van der Waals surface area contributed by atoms with E-state index in [1.165, 1.54) is 8.82 Å². The van der Waals surface area contributed by atoms with Gasteiger partial charge in [-0.2, -0.15) is 9.40 Å². The Balaban J connectivity index is 1.23. The Hall–Kier alpha value is -3.77. The fourth-order valence-electron chi connectivity index (χ4n) is 5.82. The molecule has 0 saturated carbocycles. The van der Waals surface area contributed by atoms with E-state index in [1.54, 1.807) is 30.5 Å². The van der Waals surface area contributed by atoms with Crippen molar-refractivity contribution in [2.75, 3.05) is 19.6 Å². The number of hydrogen-bond acceptors (Lipinski definition) is 6. The van der Waals surface area contributed by atoms with Gasteiger partial charge in [0.05, 0.1) is 35.2 Å². The molecule has 0 unspecified atom stereocenters. The Morgan fingerprint density at radius 1 is 1.13 bits per heavy atom. The minimum atomic E-state index is -3.78. The summed E-state index contributed by atoms with van der Waals surface area (Å²) in [6.45, 7) is 4.56. The first-order valence-electron chi connectivity index (χ1n) is 13.1. The van der Waals surface area contributed by atoms with E-state index in [2.05, 4.69) is 10.2 Å². The number of H-pyrrole nitrogens is 1.